The molecule has 1 aromatic heterocycles. The summed E-state index contributed by atoms with van der Waals surface area (Å²) in [5.41, 5.74) is 8.40. The third kappa shape index (κ3) is 4.47. The van der Waals surface area contributed by atoms with Crippen LogP contribution >= 0.6 is 0 Å². The van der Waals surface area contributed by atoms with Gasteiger partial charge in [0.1, 0.15) is 5.82 Å². The fourth-order valence-electron chi connectivity index (χ4n) is 5.97. The quantitative estimate of drug-likeness (QED) is 0.601. The largest absolute Gasteiger partial charge is 0.354 e. The van der Waals surface area contributed by atoms with Gasteiger partial charge in [0.2, 0.25) is 0 Å². The van der Waals surface area contributed by atoms with Crippen LogP contribution in [-0.4, -0.2) is 69.2 Å². The van der Waals surface area contributed by atoms with E-state index in [0.717, 1.165) is 51.1 Å². The van der Waals surface area contributed by atoms with Crippen molar-refractivity contribution in [3.05, 3.63) is 52.6 Å². The predicted molar refractivity (Wildman–Crippen MR) is 132 cm³/mol. The number of nitrogens with two attached hydrogens (primary N) is 1. The van der Waals surface area contributed by atoms with E-state index in [1.165, 1.54) is 23.0 Å². The van der Waals surface area contributed by atoms with Crippen LogP contribution in [0, 0.1) is 0 Å². The molecule has 34 heavy (non-hydrogen) atoms. The second-order valence-corrected chi connectivity index (χ2v) is 10.1. The molecule has 3 aliphatic rings. The van der Waals surface area contributed by atoms with Crippen molar-refractivity contribution in [1.29, 1.82) is 0 Å². The summed E-state index contributed by atoms with van der Waals surface area (Å²) in [4.78, 5) is 33.4. The van der Waals surface area contributed by atoms with Crippen LogP contribution in [0.15, 0.2) is 41.3 Å². The minimum absolute atomic E-state index is 0.0437. The van der Waals surface area contributed by atoms with Crippen LogP contribution in [0.5, 0.6) is 0 Å². The summed E-state index contributed by atoms with van der Waals surface area (Å²) < 4.78 is 1.50. The van der Waals surface area contributed by atoms with Gasteiger partial charge in [-0.3, -0.25) is 14.8 Å². The molecule has 1 saturated heterocycles. The normalized spacial score (nSPS) is 26.3. The number of carbonyl (C=O) groups excluding carboxylic acids is 1. The Morgan fingerprint density at radius 2 is 1.85 bits per heavy atom. The number of anilines is 1. The first-order chi connectivity index (χ1) is 16.4. The zero-order valence-electron chi connectivity index (χ0n) is 19.9. The third-order valence-electron chi connectivity index (χ3n) is 7.94. The molecule has 2 amide bonds. The maximum absolute atomic E-state index is 12.7. The molecule has 4 N–H and O–H groups in total. The Bertz CT molecular complexity index is 1080. The summed E-state index contributed by atoms with van der Waals surface area (Å²) in [5, 5.41) is 5.94. The van der Waals surface area contributed by atoms with Gasteiger partial charge in [-0.05, 0) is 62.4 Å². The molecule has 0 spiro atoms. The number of fused-ring (bicyclic) bond motifs is 2. The van der Waals surface area contributed by atoms with Crippen molar-refractivity contribution >= 4 is 11.8 Å². The van der Waals surface area contributed by atoms with E-state index in [2.05, 4.69) is 39.6 Å². The number of rotatable bonds is 6. The van der Waals surface area contributed by atoms with Crippen molar-refractivity contribution in [3.63, 3.8) is 0 Å². The number of nitrogens with zero attached hydrogens (tertiary/aromatic N) is 4. The first-order valence-corrected chi connectivity index (χ1v) is 12.4. The van der Waals surface area contributed by atoms with Crippen molar-refractivity contribution < 1.29 is 4.79 Å². The summed E-state index contributed by atoms with van der Waals surface area (Å²) in [7, 11) is 0. The Balaban J connectivity index is 1.25. The van der Waals surface area contributed by atoms with Crippen molar-refractivity contribution in [1.82, 2.24) is 24.7 Å². The summed E-state index contributed by atoms with van der Waals surface area (Å²) in [6.45, 7) is 6.93. The topological polar surface area (TPSA) is 109 Å². The fourth-order valence-corrected chi connectivity index (χ4v) is 5.97. The predicted octanol–water partition coefficient (Wildman–Crippen LogP) is 1.91. The van der Waals surface area contributed by atoms with Crippen LogP contribution in [0.25, 0.3) is 5.69 Å². The van der Waals surface area contributed by atoms with E-state index in [9.17, 15) is 9.59 Å². The molecule has 1 aromatic carbocycles. The number of hydrogen-bond donors (Lipinski definition) is 3. The molecule has 0 unspecified atom stereocenters. The molecule has 3 fully saturated rings. The Kier molecular flexibility index (Phi) is 6.18. The fraction of sp³-hybridized carbons (Fsp3) is 0.560. The number of hydrogen-bond acceptors (Lipinski definition) is 6. The third-order valence-corrected chi connectivity index (χ3v) is 7.94. The Morgan fingerprint density at radius 3 is 2.44 bits per heavy atom. The minimum Gasteiger partial charge on any atom is -0.325 e. The van der Waals surface area contributed by atoms with Crippen molar-refractivity contribution in [2.75, 3.05) is 38.0 Å². The van der Waals surface area contributed by atoms with Crippen LogP contribution < -0.4 is 22.1 Å². The van der Waals surface area contributed by atoms with E-state index in [1.807, 2.05) is 12.1 Å². The van der Waals surface area contributed by atoms with Gasteiger partial charge in [-0.15, -0.1) is 0 Å². The average molecular weight is 466 g/mol. The van der Waals surface area contributed by atoms with Crippen molar-refractivity contribution in [2.24, 2.45) is 5.73 Å². The Labute approximate surface area is 200 Å². The highest BCUT2D eigenvalue weighted by Crippen LogP contribution is 2.52. The molecule has 9 nitrogen and oxygen atoms in total. The summed E-state index contributed by atoms with van der Waals surface area (Å²) >= 11 is 0. The number of urea groups is 1. The zero-order chi connectivity index (χ0) is 23.8. The van der Waals surface area contributed by atoms with Gasteiger partial charge in [0.05, 0.1) is 5.69 Å². The van der Waals surface area contributed by atoms with Gasteiger partial charge >= 0.3 is 11.7 Å². The second-order valence-electron chi connectivity index (χ2n) is 10.1. The molecule has 9 heteroatoms. The van der Waals surface area contributed by atoms with Crippen LogP contribution in [0.2, 0.25) is 0 Å². The standard InChI is InChI=1S/C25H35N7O2/c1-2-31(25-10-8-24(26,18-25)9-11-25)17-19-3-5-20(6-4-19)32-14-7-21(29-23(32)34)28-22(33)30-15-12-27-13-16-30/h3-7,14,27H,2,8-13,15-18,26H2,1H3,(H,28,29,33,34). The number of amides is 2. The van der Waals surface area contributed by atoms with E-state index in [-0.39, 0.29) is 22.9 Å². The molecule has 0 radical (unpaired) electrons. The van der Waals surface area contributed by atoms with Crippen LogP contribution in [-0.2, 0) is 6.54 Å². The lowest BCUT2D eigenvalue weighted by Gasteiger charge is -2.39. The second kappa shape index (κ2) is 9.13. The molecule has 2 bridgehead atoms. The summed E-state index contributed by atoms with van der Waals surface area (Å²) in [5.74, 6) is 0.267. The first-order valence-electron chi connectivity index (χ1n) is 12.4. The monoisotopic (exact) mass is 465 g/mol. The van der Waals surface area contributed by atoms with E-state index in [0.29, 0.717) is 13.1 Å². The zero-order valence-corrected chi connectivity index (χ0v) is 19.9. The SMILES string of the molecule is CCN(Cc1ccc(-n2ccc(NC(=O)N3CCNCC3)nc2=O)cc1)C12CCC(N)(CC1)C2. The highest BCUT2D eigenvalue weighted by Gasteiger charge is 2.54. The molecule has 2 aliphatic carbocycles. The molecule has 2 saturated carbocycles. The molecule has 1 aliphatic heterocycles. The molecule has 5 rings (SSSR count). The van der Waals surface area contributed by atoms with Crippen molar-refractivity contribution in [2.45, 2.75) is 56.7 Å². The minimum atomic E-state index is -0.420. The number of carbonyl (C=O) groups is 1. The maximum Gasteiger partial charge on any atom is 0.354 e. The highest BCUT2D eigenvalue weighted by atomic mass is 16.2. The van der Waals surface area contributed by atoms with Gasteiger partial charge in [0.25, 0.3) is 0 Å². The summed E-state index contributed by atoms with van der Waals surface area (Å²) in [6, 6.07) is 9.51. The van der Waals surface area contributed by atoms with Crippen LogP contribution in [0.3, 0.4) is 0 Å². The van der Waals surface area contributed by atoms with Gasteiger partial charge in [-0.2, -0.15) is 4.98 Å². The number of nitrogens with one attached hydrogen (secondary N) is 2. The Morgan fingerprint density at radius 1 is 1.15 bits per heavy atom. The van der Waals surface area contributed by atoms with Gasteiger partial charge in [0, 0.05) is 50.0 Å². The van der Waals surface area contributed by atoms with Gasteiger partial charge < -0.3 is 16.0 Å². The highest BCUT2D eigenvalue weighted by molar-refractivity contribution is 5.88. The van der Waals surface area contributed by atoms with Crippen molar-refractivity contribution in [3.8, 4) is 5.69 Å². The number of piperazine rings is 1. The smallest absolute Gasteiger partial charge is 0.325 e. The van der Waals surface area contributed by atoms with E-state index < -0.39 is 5.69 Å². The molecule has 182 valence electrons. The molecular weight excluding hydrogens is 430 g/mol. The number of benzene rings is 1. The maximum atomic E-state index is 12.7. The molecule has 0 atom stereocenters. The lowest BCUT2D eigenvalue weighted by atomic mass is 9.90. The van der Waals surface area contributed by atoms with E-state index in [1.54, 1.807) is 17.2 Å². The van der Waals surface area contributed by atoms with Gasteiger partial charge in [-0.25, -0.2) is 9.59 Å². The van der Waals surface area contributed by atoms with Crippen LogP contribution in [0.4, 0.5) is 10.6 Å². The molecular formula is C25H35N7O2. The van der Waals surface area contributed by atoms with Gasteiger partial charge in [0.15, 0.2) is 0 Å². The Hall–Kier alpha value is -2.75. The lowest BCUT2D eigenvalue weighted by Crippen LogP contribution is -2.48. The van der Waals surface area contributed by atoms with E-state index in [4.69, 9.17) is 5.73 Å². The first kappa shape index (κ1) is 23.0. The molecule has 2 aromatic rings. The van der Waals surface area contributed by atoms with E-state index >= 15 is 0 Å². The van der Waals surface area contributed by atoms with Crippen LogP contribution in [0.1, 0.15) is 44.6 Å². The lowest BCUT2D eigenvalue weighted by molar-refractivity contribution is 0.0926. The molecule has 2 heterocycles. The average Bonchev–Trinajstić information content (AvgIpc) is 3.38. The number of aromatic nitrogens is 2. The summed E-state index contributed by atoms with van der Waals surface area (Å²) in [6.07, 6.45) is 7.40. The van der Waals surface area contributed by atoms with Gasteiger partial charge in [-0.1, -0.05) is 19.1 Å².